The van der Waals surface area contributed by atoms with E-state index in [-0.39, 0.29) is 0 Å². The fourth-order valence-corrected chi connectivity index (χ4v) is 2.13. The van der Waals surface area contributed by atoms with E-state index in [0.717, 1.165) is 18.0 Å². The minimum atomic E-state index is 0.465. The van der Waals surface area contributed by atoms with Gasteiger partial charge in [0.25, 0.3) is 0 Å². The summed E-state index contributed by atoms with van der Waals surface area (Å²) >= 11 is 12.2. The molecule has 0 fully saturated rings. The first kappa shape index (κ1) is 14.8. The van der Waals surface area contributed by atoms with Crippen molar-refractivity contribution < 1.29 is 4.74 Å². The third-order valence-electron chi connectivity index (χ3n) is 2.63. The molecule has 0 atom stereocenters. The Morgan fingerprint density at radius 3 is 2.35 bits per heavy atom. The van der Waals surface area contributed by atoms with E-state index in [1.165, 1.54) is 0 Å². The van der Waals surface area contributed by atoms with E-state index in [1.54, 1.807) is 13.2 Å². The van der Waals surface area contributed by atoms with Gasteiger partial charge in [0.1, 0.15) is 11.6 Å². The zero-order chi connectivity index (χ0) is 14.5. The van der Waals surface area contributed by atoms with Crippen LogP contribution in [0.2, 0.25) is 10.0 Å². The molecule has 20 heavy (non-hydrogen) atoms. The molecule has 0 amide bonds. The van der Waals surface area contributed by atoms with Gasteiger partial charge in [0.15, 0.2) is 5.82 Å². The van der Waals surface area contributed by atoms with Gasteiger partial charge in [0.2, 0.25) is 0 Å². The Morgan fingerprint density at radius 1 is 1.10 bits per heavy atom. The smallest absolute Gasteiger partial charge is 0.151 e. The predicted octanol–water partition coefficient (Wildman–Crippen LogP) is 4.57. The first-order valence-electron chi connectivity index (χ1n) is 6.15. The molecule has 2 rings (SSSR count). The molecule has 0 spiro atoms. The Bertz CT molecular complexity index is 588. The van der Waals surface area contributed by atoms with Crippen molar-refractivity contribution in [3.63, 3.8) is 0 Å². The Labute approximate surface area is 128 Å². The monoisotopic (exact) mass is 311 g/mol. The number of benzene rings is 1. The lowest BCUT2D eigenvalue weighted by Gasteiger charge is -2.12. The number of nitrogens with zero attached hydrogens (tertiary/aromatic N) is 1. The summed E-state index contributed by atoms with van der Waals surface area (Å²) in [5, 5.41) is 7.20. The summed E-state index contributed by atoms with van der Waals surface area (Å²) in [6.07, 6.45) is 0. The van der Waals surface area contributed by atoms with E-state index in [2.05, 4.69) is 15.6 Å². The van der Waals surface area contributed by atoms with Gasteiger partial charge in [-0.25, -0.2) is 4.98 Å². The molecule has 4 nitrogen and oxygen atoms in total. The minimum absolute atomic E-state index is 0.465. The highest BCUT2D eigenvalue weighted by Gasteiger charge is 2.09. The van der Waals surface area contributed by atoms with Gasteiger partial charge in [-0.3, -0.25) is 0 Å². The highest BCUT2D eigenvalue weighted by Crippen LogP contribution is 2.31. The molecule has 106 valence electrons. The van der Waals surface area contributed by atoms with Crippen LogP contribution in [0.1, 0.15) is 6.92 Å². The summed E-state index contributed by atoms with van der Waals surface area (Å²) in [5.41, 5.74) is 0.866. The van der Waals surface area contributed by atoms with Crippen LogP contribution in [0.15, 0.2) is 30.3 Å². The Morgan fingerprint density at radius 2 is 1.75 bits per heavy atom. The summed E-state index contributed by atoms with van der Waals surface area (Å²) in [6.45, 7) is 2.71. The number of hydrogen-bond acceptors (Lipinski definition) is 4. The Hall–Kier alpha value is -1.65. The molecule has 0 saturated carbocycles. The molecule has 1 aromatic heterocycles. The number of pyridine rings is 1. The van der Waals surface area contributed by atoms with Crippen molar-refractivity contribution in [3.05, 3.63) is 40.4 Å². The average molecular weight is 312 g/mol. The zero-order valence-corrected chi connectivity index (χ0v) is 12.7. The molecule has 1 aromatic carbocycles. The van der Waals surface area contributed by atoms with Crippen molar-refractivity contribution in [1.29, 1.82) is 0 Å². The van der Waals surface area contributed by atoms with Crippen molar-refractivity contribution in [2.75, 3.05) is 24.3 Å². The zero-order valence-electron chi connectivity index (χ0n) is 11.2. The van der Waals surface area contributed by atoms with Gasteiger partial charge >= 0.3 is 0 Å². The lowest BCUT2D eigenvalue weighted by Crippen LogP contribution is -2.03. The highest BCUT2D eigenvalue weighted by atomic mass is 35.5. The second-order valence-corrected chi connectivity index (χ2v) is 4.85. The topological polar surface area (TPSA) is 46.2 Å². The van der Waals surface area contributed by atoms with Crippen LogP contribution in [0.5, 0.6) is 5.75 Å². The molecule has 0 saturated heterocycles. The summed E-state index contributed by atoms with van der Waals surface area (Å²) in [5.74, 6) is 1.95. The average Bonchev–Trinajstić information content (AvgIpc) is 2.45. The van der Waals surface area contributed by atoms with Gasteiger partial charge in [-0.2, -0.15) is 0 Å². The maximum atomic E-state index is 6.15. The van der Waals surface area contributed by atoms with E-state index in [9.17, 15) is 0 Å². The first-order chi connectivity index (χ1) is 9.63. The number of halogens is 2. The van der Waals surface area contributed by atoms with Gasteiger partial charge in [-0.1, -0.05) is 23.2 Å². The van der Waals surface area contributed by atoms with Gasteiger partial charge < -0.3 is 15.4 Å². The van der Waals surface area contributed by atoms with Crippen LogP contribution in [0.25, 0.3) is 0 Å². The summed E-state index contributed by atoms with van der Waals surface area (Å²) in [7, 11) is 1.63. The van der Waals surface area contributed by atoms with Crippen LogP contribution in [0.4, 0.5) is 17.3 Å². The number of ether oxygens (including phenoxy) is 1. The molecule has 0 aliphatic carbocycles. The van der Waals surface area contributed by atoms with Gasteiger partial charge in [-0.15, -0.1) is 0 Å². The van der Waals surface area contributed by atoms with E-state index >= 15 is 0 Å². The van der Waals surface area contributed by atoms with Gasteiger partial charge in [0, 0.05) is 12.2 Å². The summed E-state index contributed by atoms with van der Waals surface area (Å²) in [6, 6.07) is 9.16. The summed E-state index contributed by atoms with van der Waals surface area (Å²) in [4.78, 5) is 4.38. The third kappa shape index (κ3) is 3.46. The molecule has 1 heterocycles. The van der Waals surface area contributed by atoms with Crippen LogP contribution in [-0.4, -0.2) is 18.6 Å². The summed E-state index contributed by atoms with van der Waals surface area (Å²) < 4.78 is 5.11. The molecule has 0 unspecified atom stereocenters. The van der Waals surface area contributed by atoms with Gasteiger partial charge in [0.05, 0.1) is 17.2 Å². The molecular formula is C14H15Cl2N3O. The largest absolute Gasteiger partial charge is 0.497 e. The third-order valence-corrected chi connectivity index (χ3v) is 3.20. The first-order valence-corrected chi connectivity index (χ1v) is 6.90. The second-order valence-electron chi connectivity index (χ2n) is 4.03. The van der Waals surface area contributed by atoms with Crippen LogP contribution < -0.4 is 15.4 Å². The van der Waals surface area contributed by atoms with Crippen LogP contribution in [-0.2, 0) is 0 Å². The molecule has 6 heteroatoms. The molecule has 0 radical (unpaired) electrons. The Balaban J connectivity index is 2.25. The van der Waals surface area contributed by atoms with Crippen molar-refractivity contribution in [2.45, 2.75) is 6.92 Å². The van der Waals surface area contributed by atoms with E-state index in [1.807, 2.05) is 31.2 Å². The number of methoxy groups -OCH3 is 1. The molecule has 2 N–H and O–H groups in total. The fraction of sp³-hybridized carbons (Fsp3) is 0.214. The fourth-order valence-electron chi connectivity index (χ4n) is 1.66. The lowest BCUT2D eigenvalue weighted by atomic mass is 10.3. The lowest BCUT2D eigenvalue weighted by molar-refractivity contribution is 0.415. The quantitative estimate of drug-likeness (QED) is 0.849. The maximum Gasteiger partial charge on any atom is 0.151 e. The number of aromatic nitrogens is 1. The second kappa shape index (κ2) is 6.68. The predicted molar refractivity (Wildman–Crippen MR) is 84.7 cm³/mol. The molecule has 0 aliphatic heterocycles. The van der Waals surface area contributed by atoms with Crippen molar-refractivity contribution in [3.8, 4) is 5.75 Å². The van der Waals surface area contributed by atoms with Crippen molar-refractivity contribution >= 4 is 40.5 Å². The van der Waals surface area contributed by atoms with Crippen molar-refractivity contribution in [1.82, 2.24) is 4.98 Å². The van der Waals surface area contributed by atoms with Gasteiger partial charge in [-0.05, 0) is 37.3 Å². The van der Waals surface area contributed by atoms with Crippen LogP contribution in [0.3, 0.4) is 0 Å². The van der Waals surface area contributed by atoms with Crippen LogP contribution >= 0.6 is 23.2 Å². The van der Waals surface area contributed by atoms with Crippen molar-refractivity contribution in [2.24, 2.45) is 0 Å². The molecule has 2 aromatic rings. The molecular weight excluding hydrogens is 297 g/mol. The Kier molecular flexibility index (Phi) is 4.93. The molecule has 0 aliphatic rings. The molecule has 0 bridgehead atoms. The number of anilines is 3. The van der Waals surface area contributed by atoms with E-state index in [4.69, 9.17) is 27.9 Å². The standard InChI is InChI=1S/C14H15Cl2N3O/c1-3-17-13-11(15)8-12(16)14(19-13)18-9-4-6-10(20-2)7-5-9/h4-8H,3H2,1-2H3,(H2,17,18,19). The number of nitrogens with one attached hydrogen (secondary N) is 2. The number of rotatable bonds is 5. The highest BCUT2D eigenvalue weighted by molar-refractivity contribution is 6.37. The van der Waals surface area contributed by atoms with E-state index < -0.39 is 0 Å². The SMILES string of the molecule is CCNc1nc(Nc2ccc(OC)cc2)c(Cl)cc1Cl. The minimum Gasteiger partial charge on any atom is -0.497 e. The maximum absolute atomic E-state index is 6.15. The normalized spacial score (nSPS) is 10.2. The van der Waals surface area contributed by atoms with E-state index in [0.29, 0.717) is 21.7 Å². The number of hydrogen-bond donors (Lipinski definition) is 2. The van der Waals surface area contributed by atoms with Crippen LogP contribution in [0, 0.1) is 0 Å².